The van der Waals surface area contributed by atoms with Crippen LogP contribution in [-0.4, -0.2) is 36.4 Å². The highest BCUT2D eigenvalue weighted by Crippen LogP contribution is 2.28. The number of carbonyl (C=O) groups excluding carboxylic acids is 2. The van der Waals surface area contributed by atoms with Crippen LogP contribution in [0.4, 0.5) is 5.69 Å². The highest BCUT2D eigenvalue weighted by Gasteiger charge is 2.35. The summed E-state index contributed by atoms with van der Waals surface area (Å²) in [5, 5.41) is 4.05. The number of nitrogens with zero attached hydrogens (tertiary/aromatic N) is 1. The molecule has 1 aliphatic rings. The molecule has 1 aliphatic heterocycles. The Morgan fingerprint density at radius 1 is 1.19 bits per heavy atom. The molecule has 7 nitrogen and oxygen atoms in total. The van der Waals surface area contributed by atoms with E-state index in [2.05, 4.69) is 5.32 Å². The van der Waals surface area contributed by atoms with Gasteiger partial charge >= 0.3 is 5.63 Å². The van der Waals surface area contributed by atoms with Crippen LogP contribution in [0.1, 0.15) is 28.8 Å². The van der Waals surface area contributed by atoms with Gasteiger partial charge < -0.3 is 19.4 Å². The monoisotopic (exact) mass is 440 g/mol. The van der Waals surface area contributed by atoms with Crippen molar-refractivity contribution in [2.75, 3.05) is 19.0 Å². The molecule has 1 N–H and O–H groups in total. The van der Waals surface area contributed by atoms with Crippen molar-refractivity contribution in [3.05, 3.63) is 69.0 Å². The normalized spacial score (nSPS) is 15.8. The number of fused-ring (bicyclic) bond motifs is 1. The van der Waals surface area contributed by atoms with E-state index in [1.165, 1.54) is 18.1 Å². The van der Waals surface area contributed by atoms with Crippen molar-refractivity contribution >= 4 is 40.1 Å². The summed E-state index contributed by atoms with van der Waals surface area (Å²) in [6, 6.07) is 10.8. The third-order valence-electron chi connectivity index (χ3n) is 5.43. The molecule has 31 heavy (non-hydrogen) atoms. The topological polar surface area (TPSA) is 88.9 Å². The number of methoxy groups -OCH3 is 1. The molecule has 2 heterocycles. The van der Waals surface area contributed by atoms with Gasteiger partial charge in [-0.05, 0) is 55.7 Å². The molecule has 2 amide bonds. The number of amides is 2. The van der Waals surface area contributed by atoms with Crippen LogP contribution < -0.4 is 15.7 Å². The number of halogens is 1. The van der Waals surface area contributed by atoms with Gasteiger partial charge in [-0.1, -0.05) is 11.6 Å². The number of hydrogen-bond acceptors (Lipinski definition) is 5. The van der Waals surface area contributed by atoms with Crippen LogP contribution in [0.5, 0.6) is 5.75 Å². The Kier molecular flexibility index (Phi) is 5.69. The summed E-state index contributed by atoms with van der Waals surface area (Å²) in [5.41, 5.74) is 1.55. The molecule has 0 radical (unpaired) electrons. The summed E-state index contributed by atoms with van der Waals surface area (Å²) >= 11 is 6.06. The minimum absolute atomic E-state index is 0.304. The molecule has 1 aromatic heterocycles. The first-order valence-electron chi connectivity index (χ1n) is 9.87. The Balaban J connectivity index is 1.57. The molecule has 0 aliphatic carbocycles. The average Bonchev–Trinajstić information content (AvgIpc) is 3.23. The molecule has 160 valence electrons. The third-order valence-corrected chi connectivity index (χ3v) is 5.66. The highest BCUT2D eigenvalue weighted by molar-refractivity contribution is 6.31. The highest BCUT2D eigenvalue weighted by atomic mass is 35.5. The summed E-state index contributed by atoms with van der Waals surface area (Å²) in [4.78, 5) is 39.3. The SMILES string of the molecule is COc1ccc(Cl)cc1C(=O)N1CCCC1C(=O)Nc1ccc2c(C)cc(=O)oc2c1. The van der Waals surface area contributed by atoms with Crippen LogP contribution in [0.25, 0.3) is 11.0 Å². The second-order valence-corrected chi connectivity index (χ2v) is 7.89. The maximum Gasteiger partial charge on any atom is 0.336 e. The third kappa shape index (κ3) is 4.14. The van der Waals surface area contributed by atoms with Crippen LogP contribution >= 0.6 is 11.6 Å². The van der Waals surface area contributed by atoms with Crippen molar-refractivity contribution in [3.8, 4) is 5.75 Å². The smallest absolute Gasteiger partial charge is 0.336 e. The van der Waals surface area contributed by atoms with E-state index in [1.807, 2.05) is 6.92 Å². The fourth-order valence-corrected chi connectivity index (χ4v) is 4.08. The van der Waals surface area contributed by atoms with Gasteiger partial charge in [0.05, 0.1) is 12.7 Å². The molecule has 1 atom stereocenters. The molecular weight excluding hydrogens is 420 g/mol. The van der Waals surface area contributed by atoms with Crippen LogP contribution in [0.2, 0.25) is 5.02 Å². The first kappa shape index (κ1) is 20.9. The van der Waals surface area contributed by atoms with Crippen molar-refractivity contribution in [3.63, 3.8) is 0 Å². The molecule has 1 saturated heterocycles. The van der Waals surface area contributed by atoms with Gasteiger partial charge in [0.1, 0.15) is 17.4 Å². The first-order chi connectivity index (χ1) is 14.9. The Morgan fingerprint density at radius 3 is 2.77 bits per heavy atom. The van der Waals surface area contributed by atoms with Gasteiger partial charge in [0.2, 0.25) is 5.91 Å². The zero-order chi connectivity index (χ0) is 22.1. The number of likely N-dealkylation sites (tertiary alicyclic amines) is 1. The van der Waals surface area contributed by atoms with Crippen LogP contribution in [0.15, 0.2) is 51.7 Å². The van der Waals surface area contributed by atoms with E-state index in [1.54, 1.807) is 36.4 Å². The Morgan fingerprint density at radius 2 is 2.00 bits per heavy atom. The molecule has 0 bridgehead atoms. The lowest BCUT2D eigenvalue weighted by atomic mass is 10.1. The fourth-order valence-electron chi connectivity index (χ4n) is 3.91. The maximum atomic E-state index is 13.2. The lowest BCUT2D eigenvalue weighted by molar-refractivity contribution is -0.119. The number of benzene rings is 2. The van der Waals surface area contributed by atoms with Crippen LogP contribution in [0, 0.1) is 6.92 Å². The number of nitrogens with one attached hydrogen (secondary N) is 1. The summed E-state index contributed by atoms with van der Waals surface area (Å²) < 4.78 is 10.5. The van der Waals surface area contributed by atoms with Crippen LogP contribution in [0.3, 0.4) is 0 Å². The van der Waals surface area contributed by atoms with E-state index in [0.29, 0.717) is 47.0 Å². The first-order valence-corrected chi connectivity index (χ1v) is 10.2. The Hall–Kier alpha value is -3.32. The zero-order valence-electron chi connectivity index (χ0n) is 17.1. The van der Waals surface area contributed by atoms with Gasteiger partial charge in [-0.25, -0.2) is 4.79 Å². The van der Waals surface area contributed by atoms with Gasteiger partial charge in [-0.15, -0.1) is 0 Å². The minimum atomic E-state index is -0.628. The standard InChI is InChI=1S/C23H21ClN2O5/c1-13-10-21(27)31-20-12-15(6-7-16(13)20)25-22(28)18-4-3-9-26(18)23(29)17-11-14(24)5-8-19(17)30-2/h5-8,10-12,18H,3-4,9H2,1-2H3,(H,25,28). The van der Waals surface area contributed by atoms with E-state index in [0.717, 1.165) is 10.9 Å². The predicted molar refractivity (Wildman–Crippen MR) is 118 cm³/mol. The summed E-state index contributed by atoms with van der Waals surface area (Å²) in [5.74, 6) is -0.210. The number of hydrogen-bond donors (Lipinski definition) is 1. The van der Waals surface area contributed by atoms with E-state index in [4.69, 9.17) is 20.8 Å². The molecule has 1 fully saturated rings. The van der Waals surface area contributed by atoms with E-state index in [9.17, 15) is 14.4 Å². The molecule has 4 rings (SSSR count). The van der Waals surface area contributed by atoms with E-state index in [-0.39, 0.29) is 11.8 Å². The molecule has 8 heteroatoms. The van der Waals surface area contributed by atoms with E-state index >= 15 is 0 Å². The van der Waals surface area contributed by atoms with Crippen molar-refractivity contribution in [1.82, 2.24) is 4.90 Å². The number of ether oxygens (including phenoxy) is 1. The molecule has 2 aromatic carbocycles. The maximum absolute atomic E-state index is 13.2. The predicted octanol–water partition coefficient (Wildman–Crippen LogP) is 4.01. The Bertz CT molecular complexity index is 1240. The van der Waals surface area contributed by atoms with Gasteiger partial charge in [-0.2, -0.15) is 0 Å². The second-order valence-electron chi connectivity index (χ2n) is 7.45. The van der Waals surface area contributed by atoms with Gasteiger partial charge in [0, 0.05) is 34.8 Å². The average molecular weight is 441 g/mol. The molecule has 0 spiro atoms. The van der Waals surface area contributed by atoms with Crippen molar-refractivity contribution in [2.24, 2.45) is 0 Å². The van der Waals surface area contributed by atoms with Crippen LogP contribution in [-0.2, 0) is 4.79 Å². The van der Waals surface area contributed by atoms with Crippen molar-refractivity contribution in [2.45, 2.75) is 25.8 Å². The second kappa shape index (κ2) is 8.43. The van der Waals surface area contributed by atoms with Crippen molar-refractivity contribution in [1.29, 1.82) is 0 Å². The minimum Gasteiger partial charge on any atom is -0.496 e. The molecular formula is C23H21ClN2O5. The summed E-state index contributed by atoms with van der Waals surface area (Å²) in [6.45, 7) is 2.28. The quantitative estimate of drug-likeness (QED) is 0.619. The lowest BCUT2D eigenvalue weighted by Gasteiger charge is -2.25. The fraction of sp³-hybridized carbons (Fsp3) is 0.261. The largest absolute Gasteiger partial charge is 0.496 e. The van der Waals surface area contributed by atoms with Gasteiger partial charge in [0.25, 0.3) is 5.91 Å². The Labute approximate surface area is 183 Å². The van der Waals surface area contributed by atoms with E-state index < -0.39 is 11.7 Å². The summed E-state index contributed by atoms with van der Waals surface area (Å²) in [6.07, 6.45) is 1.25. The molecule has 0 saturated carbocycles. The summed E-state index contributed by atoms with van der Waals surface area (Å²) in [7, 11) is 1.48. The zero-order valence-corrected chi connectivity index (χ0v) is 17.9. The number of rotatable bonds is 4. The number of carbonyl (C=O) groups is 2. The number of anilines is 1. The lowest BCUT2D eigenvalue weighted by Crippen LogP contribution is -2.43. The molecule has 1 unspecified atom stereocenters. The molecule has 3 aromatic rings. The number of aryl methyl sites for hydroxylation is 1. The van der Waals surface area contributed by atoms with Gasteiger partial charge in [-0.3, -0.25) is 9.59 Å². The van der Waals surface area contributed by atoms with Crippen molar-refractivity contribution < 1.29 is 18.7 Å². The van der Waals surface area contributed by atoms with Gasteiger partial charge in [0.15, 0.2) is 0 Å².